The van der Waals surface area contributed by atoms with Crippen molar-refractivity contribution in [1.29, 1.82) is 0 Å². The third-order valence-corrected chi connectivity index (χ3v) is 6.44. The Morgan fingerprint density at radius 3 is 2.78 bits per heavy atom. The van der Waals surface area contributed by atoms with Crippen LogP contribution in [-0.4, -0.2) is 50.8 Å². The molecule has 0 radical (unpaired) electrons. The highest BCUT2D eigenvalue weighted by Gasteiger charge is 2.28. The van der Waals surface area contributed by atoms with Crippen molar-refractivity contribution in [3.05, 3.63) is 71.8 Å². The normalized spacial score (nSPS) is 14.8. The van der Waals surface area contributed by atoms with Gasteiger partial charge in [0.25, 0.3) is 5.91 Å². The highest BCUT2D eigenvalue weighted by atomic mass is 16.5. The number of carbonyl (C=O) groups is 1. The fourth-order valence-corrected chi connectivity index (χ4v) is 4.72. The Kier molecular flexibility index (Phi) is 5.39. The Bertz CT molecular complexity index is 1240. The van der Waals surface area contributed by atoms with Crippen LogP contribution < -0.4 is 4.74 Å². The van der Waals surface area contributed by atoms with Gasteiger partial charge in [0.05, 0.1) is 24.6 Å². The molecule has 4 heterocycles. The zero-order valence-corrected chi connectivity index (χ0v) is 18.4. The van der Waals surface area contributed by atoms with Crippen molar-refractivity contribution in [1.82, 2.24) is 24.6 Å². The third kappa shape index (κ3) is 3.53. The number of fused-ring (bicyclic) bond motifs is 1. The summed E-state index contributed by atoms with van der Waals surface area (Å²) < 4.78 is 7.19. The molecule has 5 rings (SSSR count). The van der Waals surface area contributed by atoms with E-state index in [2.05, 4.69) is 33.4 Å². The molecule has 7 heteroatoms. The number of aromatic amines is 1. The average Bonchev–Trinajstić information content (AvgIpc) is 3.48. The van der Waals surface area contributed by atoms with E-state index in [0.29, 0.717) is 17.9 Å². The van der Waals surface area contributed by atoms with Crippen LogP contribution in [0.15, 0.2) is 55.0 Å². The van der Waals surface area contributed by atoms with Gasteiger partial charge in [-0.2, -0.15) is 5.10 Å². The predicted molar refractivity (Wildman–Crippen MR) is 123 cm³/mol. The van der Waals surface area contributed by atoms with Crippen LogP contribution >= 0.6 is 0 Å². The molecule has 1 saturated heterocycles. The van der Waals surface area contributed by atoms with Gasteiger partial charge in [-0.05, 0) is 61.1 Å². The number of methoxy groups -OCH3 is 1. The summed E-state index contributed by atoms with van der Waals surface area (Å²) in [6.07, 6.45) is 8.12. The molecule has 0 spiro atoms. The van der Waals surface area contributed by atoms with Gasteiger partial charge in [0.1, 0.15) is 5.75 Å². The molecule has 1 aromatic carbocycles. The number of ether oxygens (including phenoxy) is 1. The molecule has 32 heavy (non-hydrogen) atoms. The quantitative estimate of drug-likeness (QED) is 0.512. The molecule has 4 aromatic rings. The summed E-state index contributed by atoms with van der Waals surface area (Å²) in [4.78, 5) is 23.1. The van der Waals surface area contributed by atoms with Crippen molar-refractivity contribution in [2.45, 2.75) is 32.1 Å². The lowest BCUT2D eigenvalue weighted by molar-refractivity contribution is 0.0712. The number of hydrogen-bond donors (Lipinski definition) is 1. The predicted octanol–water partition coefficient (Wildman–Crippen LogP) is 4.34. The maximum absolute atomic E-state index is 13.3. The van der Waals surface area contributed by atoms with Gasteiger partial charge in [-0.15, -0.1) is 0 Å². The molecular weight excluding hydrogens is 402 g/mol. The van der Waals surface area contributed by atoms with Crippen LogP contribution in [0.25, 0.3) is 16.7 Å². The molecule has 0 bridgehead atoms. The zero-order valence-electron chi connectivity index (χ0n) is 18.4. The second-order valence-corrected chi connectivity index (χ2v) is 8.18. The molecule has 0 unspecified atom stereocenters. The highest BCUT2D eigenvalue weighted by Crippen LogP contribution is 2.35. The molecule has 1 aliphatic heterocycles. The van der Waals surface area contributed by atoms with E-state index in [9.17, 15) is 4.79 Å². The van der Waals surface area contributed by atoms with Crippen LogP contribution in [0.2, 0.25) is 0 Å². The van der Waals surface area contributed by atoms with Gasteiger partial charge in [-0.25, -0.2) is 9.67 Å². The van der Waals surface area contributed by atoms with Gasteiger partial charge in [0.2, 0.25) is 0 Å². The van der Waals surface area contributed by atoms with Gasteiger partial charge in [-0.3, -0.25) is 4.79 Å². The van der Waals surface area contributed by atoms with Crippen molar-refractivity contribution in [2.75, 3.05) is 20.2 Å². The van der Waals surface area contributed by atoms with Crippen LogP contribution in [-0.2, 0) is 6.42 Å². The fourth-order valence-electron chi connectivity index (χ4n) is 4.72. The first-order valence-electron chi connectivity index (χ1n) is 11.1. The van der Waals surface area contributed by atoms with Crippen LogP contribution in [0.1, 0.15) is 47.3 Å². The van der Waals surface area contributed by atoms with Gasteiger partial charge < -0.3 is 14.6 Å². The lowest BCUT2D eigenvalue weighted by Crippen LogP contribution is -2.38. The molecule has 1 N–H and O–H groups in total. The summed E-state index contributed by atoms with van der Waals surface area (Å²) in [5.41, 5.74) is 4.00. The number of aromatic nitrogens is 4. The Labute approximate surface area is 187 Å². The second kappa shape index (κ2) is 8.49. The number of H-pyrrole nitrogens is 1. The maximum Gasteiger partial charge on any atom is 0.257 e. The first-order chi connectivity index (χ1) is 15.7. The summed E-state index contributed by atoms with van der Waals surface area (Å²) in [5.74, 6) is 2.07. The van der Waals surface area contributed by atoms with Crippen molar-refractivity contribution in [3.63, 3.8) is 0 Å². The smallest absolute Gasteiger partial charge is 0.257 e. The minimum atomic E-state index is 0.0584. The van der Waals surface area contributed by atoms with E-state index in [0.717, 1.165) is 48.7 Å². The van der Waals surface area contributed by atoms with E-state index in [4.69, 9.17) is 4.74 Å². The maximum atomic E-state index is 13.3. The van der Waals surface area contributed by atoms with Crippen molar-refractivity contribution >= 4 is 16.8 Å². The highest BCUT2D eigenvalue weighted by molar-refractivity contribution is 5.95. The molecule has 1 aliphatic rings. The topological polar surface area (TPSA) is 76.0 Å². The number of piperidine rings is 1. The molecule has 7 nitrogen and oxygen atoms in total. The molecule has 1 fully saturated rings. The number of carbonyl (C=O) groups excluding carboxylic acids is 1. The summed E-state index contributed by atoms with van der Waals surface area (Å²) in [7, 11) is 1.69. The van der Waals surface area contributed by atoms with E-state index in [-0.39, 0.29) is 5.91 Å². The Morgan fingerprint density at radius 2 is 2.06 bits per heavy atom. The number of nitrogens with one attached hydrogen (secondary N) is 1. The SMILES string of the molecule is CCc1c(C(=O)N2CCC(c3c[nH]c4ccc(OC)cc34)CC2)cnn1-c1ccccn1. The number of pyridine rings is 1. The lowest BCUT2D eigenvalue weighted by Gasteiger charge is -2.32. The number of nitrogens with zero attached hydrogens (tertiary/aromatic N) is 4. The molecule has 0 atom stereocenters. The van der Waals surface area contributed by atoms with Crippen LogP contribution in [0.5, 0.6) is 5.75 Å². The van der Waals surface area contributed by atoms with Crippen LogP contribution in [0, 0.1) is 0 Å². The minimum absolute atomic E-state index is 0.0584. The fraction of sp³-hybridized carbons (Fsp3) is 0.320. The Morgan fingerprint density at radius 1 is 1.22 bits per heavy atom. The molecule has 0 saturated carbocycles. The van der Waals surface area contributed by atoms with Crippen molar-refractivity contribution in [3.8, 4) is 11.6 Å². The van der Waals surface area contributed by atoms with Gasteiger partial charge in [-0.1, -0.05) is 13.0 Å². The molecular formula is C25H27N5O2. The standard InChI is InChI=1S/C25H27N5O2/c1-3-23-21(16-28-30(23)24-6-4-5-11-26-24)25(31)29-12-9-17(10-13-29)20-15-27-22-8-7-18(32-2)14-19(20)22/h4-8,11,14-17,27H,3,9-10,12-13H2,1-2H3. The van der Waals surface area contributed by atoms with Gasteiger partial charge in [0.15, 0.2) is 5.82 Å². The monoisotopic (exact) mass is 429 g/mol. The summed E-state index contributed by atoms with van der Waals surface area (Å²) in [5, 5.41) is 5.68. The third-order valence-electron chi connectivity index (χ3n) is 6.44. The summed E-state index contributed by atoms with van der Waals surface area (Å²) >= 11 is 0. The first kappa shape index (κ1) is 20.3. The van der Waals surface area contributed by atoms with E-state index < -0.39 is 0 Å². The second-order valence-electron chi connectivity index (χ2n) is 8.18. The number of hydrogen-bond acceptors (Lipinski definition) is 4. The first-order valence-corrected chi connectivity index (χ1v) is 11.1. The van der Waals surface area contributed by atoms with Crippen LogP contribution in [0.3, 0.4) is 0 Å². The van der Waals surface area contributed by atoms with E-state index >= 15 is 0 Å². The van der Waals surface area contributed by atoms with E-state index in [1.54, 1.807) is 24.2 Å². The minimum Gasteiger partial charge on any atom is -0.497 e. The summed E-state index contributed by atoms with van der Waals surface area (Å²) in [6, 6.07) is 11.8. The number of rotatable bonds is 5. The number of amides is 1. The van der Waals surface area contributed by atoms with Gasteiger partial charge >= 0.3 is 0 Å². The molecule has 0 aliphatic carbocycles. The van der Waals surface area contributed by atoms with Crippen molar-refractivity contribution < 1.29 is 9.53 Å². The largest absolute Gasteiger partial charge is 0.497 e. The molecule has 1 amide bonds. The molecule has 3 aromatic heterocycles. The number of likely N-dealkylation sites (tertiary alicyclic amines) is 1. The average molecular weight is 430 g/mol. The Balaban J connectivity index is 1.33. The lowest BCUT2D eigenvalue weighted by atomic mass is 9.89. The van der Waals surface area contributed by atoms with E-state index in [1.807, 2.05) is 36.1 Å². The zero-order chi connectivity index (χ0) is 22.1. The number of benzene rings is 1. The Hall–Kier alpha value is -3.61. The van der Waals surface area contributed by atoms with Crippen LogP contribution in [0.4, 0.5) is 0 Å². The van der Waals surface area contributed by atoms with Gasteiger partial charge in [0, 0.05) is 36.4 Å². The molecule has 164 valence electrons. The van der Waals surface area contributed by atoms with Crippen molar-refractivity contribution in [2.24, 2.45) is 0 Å². The summed E-state index contributed by atoms with van der Waals surface area (Å²) in [6.45, 7) is 3.51. The van der Waals surface area contributed by atoms with E-state index in [1.165, 1.54) is 10.9 Å².